The highest BCUT2D eigenvalue weighted by Gasteiger charge is 2.34. The normalized spacial score (nSPS) is 43.8. The number of aliphatic hydroxyl groups excluding tert-OH is 2. The van der Waals surface area contributed by atoms with E-state index in [0.717, 1.165) is 0 Å². The summed E-state index contributed by atoms with van der Waals surface area (Å²) in [5.74, 6) is 0. The summed E-state index contributed by atoms with van der Waals surface area (Å²) in [6.45, 7) is 1.60. The average molecular weight is 147 g/mol. The maximum absolute atomic E-state index is 9.02. The second-order valence-corrected chi connectivity index (χ2v) is 2.70. The van der Waals surface area contributed by atoms with Crippen molar-refractivity contribution in [2.75, 3.05) is 0 Å². The molecular weight excluding hydrogens is 134 g/mol. The monoisotopic (exact) mass is 147 g/mol. The largest absolute Gasteiger partial charge is 0.391 e. The zero-order valence-electron chi connectivity index (χ0n) is 5.90. The van der Waals surface area contributed by atoms with Crippen LogP contribution in [-0.4, -0.2) is 34.8 Å². The van der Waals surface area contributed by atoms with E-state index >= 15 is 0 Å². The van der Waals surface area contributed by atoms with Crippen molar-refractivity contribution < 1.29 is 14.9 Å². The first-order chi connectivity index (χ1) is 4.61. The van der Waals surface area contributed by atoms with E-state index < -0.39 is 18.5 Å². The van der Waals surface area contributed by atoms with Gasteiger partial charge in [0.15, 0.2) is 6.29 Å². The molecule has 1 aliphatic heterocycles. The molecule has 1 heterocycles. The summed E-state index contributed by atoms with van der Waals surface area (Å²) in [5, 5.41) is 17.9. The van der Waals surface area contributed by atoms with Gasteiger partial charge in [-0.1, -0.05) is 0 Å². The lowest BCUT2D eigenvalue weighted by molar-refractivity contribution is -0.118. The molecule has 4 atom stereocenters. The van der Waals surface area contributed by atoms with Gasteiger partial charge in [0.1, 0.15) is 6.10 Å². The summed E-state index contributed by atoms with van der Waals surface area (Å²) < 4.78 is 4.92. The van der Waals surface area contributed by atoms with Gasteiger partial charge >= 0.3 is 0 Å². The smallest absolute Gasteiger partial charge is 0.156 e. The minimum Gasteiger partial charge on any atom is -0.391 e. The van der Waals surface area contributed by atoms with Crippen LogP contribution in [0.3, 0.4) is 0 Å². The molecule has 0 aliphatic carbocycles. The van der Waals surface area contributed by atoms with E-state index in [1.807, 2.05) is 0 Å². The number of hydrogen-bond acceptors (Lipinski definition) is 4. The Hall–Kier alpha value is -0.160. The van der Waals surface area contributed by atoms with Crippen molar-refractivity contribution in [2.24, 2.45) is 5.73 Å². The predicted molar refractivity (Wildman–Crippen MR) is 35.2 cm³/mol. The van der Waals surface area contributed by atoms with E-state index in [1.54, 1.807) is 6.92 Å². The summed E-state index contributed by atoms with van der Waals surface area (Å²) in [7, 11) is 0. The fourth-order valence-corrected chi connectivity index (χ4v) is 1.18. The molecule has 0 saturated carbocycles. The second-order valence-electron chi connectivity index (χ2n) is 2.70. The van der Waals surface area contributed by atoms with Crippen LogP contribution in [-0.2, 0) is 4.74 Å². The molecule has 0 aromatic carbocycles. The minimum atomic E-state index is -0.797. The Labute approximate surface area is 59.6 Å². The quantitative estimate of drug-likeness (QED) is 0.435. The summed E-state index contributed by atoms with van der Waals surface area (Å²) in [6, 6.07) is -0.241. The van der Waals surface area contributed by atoms with Gasteiger partial charge in [0.25, 0.3) is 0 Å². The molecule has 10 heavy (non-hydrogen) atoms. The molecule has 1 rings (SSSR count). The lowest BCUT2D eigenvalue weighted by Crippen LogP contribution is -2.38. The van der Waals surface area contributed by atoms with Crippen LogP contribution in [0.4, 0.5) is 0 Å². The van der Waals surface area contributed by atoms with Crippen molar-refractivity contribution in [3.8, 4) is 0 Å². The van der Waals surface area contributed by atoms with Crippen LogP contribution >= 0.6 is 0 Å². The lowest BCUT2D eigenvalue weighted by Gasteiger charge is -2.16. The molecular formula is C6H13NO3. The first-order valence-electron chi connectivity index (χ1n) is 3.38. The Balaban J connectivity index is 2.46. The zero-order chi connectivity index (χ0) is 7.72. The van der Waals surface area contributed by atoms with Gasteiger partial charge in [-0.25, -0.2) is 0 Å². The molecule has 0 aromatic rings. The van der Waals surface area contributed by atoms with Crippen LogP contribution in [0.25, 0.3) is 0 Å². The Morgan fingerprint density at radius 1 is 1.70 bits per heavy atom. The van der Waals surface area contributed by atoms with Crippen molar-refractivity contribution in [1.82, 2.24) is 0 Å². The Bertz CT molecular complexity index is 118. The summed E-state index contributed by atoms with van der Waals surface area (Å²) in [6.07, 6.45) is -1.40. The van der Waals surface area contributed by atoms with Crippen molar-refractivity contribution in [3.63, 3.8) is 0 Å². The zero-order valence-corrected chi connectivity index (χ0v) is 5.90. The Morgan fingerprint density at radius 2 is 2.30 bits per heavy atom. The van der Waals surface area contributed by atoms with E-state index in [9.17, 15) is 0 Å². The topological polar surface area (TPSA) is 75.7 Å². The van der Waals surface area contributed by atoms with E-state index in [1.165, 1.54) is 0 Å². The molecule has 0 radical (unpaired) electrons. The molecule has 2 unspecified atom stereocenters. The van der Waals surface area contributed by atoms with Crippen LogP contribution in [0.15, 0.2) is 0 Å². The molecule has 1 aliphatic rings. The molecule has 4 N–H and O–H groups in total. The van der Waals surface area contributed by atoms with Crippen LogP contribution < -0.4 is 5.73 Å². The maximum Gasteiger partial charge on any atom is 0.156 e. The Morgan fingerprint density at radius 3 is 2.50 bits per heavy atom. The van der Waals surface area contributed by atoms with E-state index in [2.05, 4.69) is 0 Å². The van der Waals surface area contributed by atoms with Crippen molar-refractivity contribution in [2.45, 2.75) is 37.9 Å². The first kappa shape index (κ1) is 7.94. The van der Waals surface area contributed by atoms with Crippen molar-refractivity contribution >= 4 is 0 Å². The molecule has 60 valence electrons. The fourth-order valence-electron chi connectivity index (χ4n) is 1.18. The summed E-state index contributed by atoms with van der Waals surface area (Å²) in [4.78, 5) is 0. The minimum absolute atomic E-state index is 0.241. The number of ether oxygens (including phenoxy) is 1. The molecule has 1 fully saturated rings. The molecule has 4 nitrogen and oxygen atoms in total. The number of rotatable bonds is 1. The van der Waals surface area contributed by atoms with Gasteiger partial charge in [0.2, 0.25) is 0 Å². The van der Waals surface area contributed by atoms with E-state index in [4.69, 9.17) is 20.7 Å². The molecule has 0 spiro atoms. The number of aliphatic hydroxyl groups is 2. The van der Waals surface area contributed by atoms with E-state index in [0.29, 0.717) is 6.42 Å². The first-order valence-corrected chi connectivity index (χ1v) is 3.38. The third-order valence-electron chi connectivity index (χ3n) is 1.69. The van der Waals surface area contributed by atoms with Gasteiger partial charge in [-0.15, -0.1) is 0 Å². The van der Waals surface area contributed by atoms with Crippen LogP contribution in [0.1, 0.15) is 13.3 Å². The highest BCUT2D eigenvalue weighted by atomic mass is 16.6. The number of nitrogens with two attached hydrogens (primary N) is 1. The molecule has 0 amide bonds. The third kappa shape index (κ3) is 1.46. The van der Waals surface area contributed by atoms with Crippen molar-refractivity contribution in [3.05, 3.63) is 0 Å². The van der Waals surface area contributed by atoms with E-state index in [-0.39, 0.29) is 6.04 Å². The molecule has 0 aromatic heterocycles. The van der Waals surface area contributed by atoms with Crippen molar-refractivity contribution in [1.29, 1.82) is 0 Å². The SMILES string of the molecule is CC(O)[C@H]1OC(O)C[C@H]1N. The van der Waals surface area contributed by atoms with Gasteiger partial charge in [0.05, 0.1) is 6.10 Å². The molecule has 0 bridgehead atoms. The highest BCUT2D eigenvalue weighted by molar-refractivity contribution is 4.84. The van der Waals surface area contributed by atoms with Gasteiger partial charge in [0, 0.05) is 12.5 Å². The number of hydrogen-bond donors (Lipinski definition) is 3. The molecule has 4 heteroatoms. The standard InChI is InChI=1S/C6H13NO3/c1-3(8)6-4(7)2-5(9)10-6/h3-6,8-9H,2,7H2,1H3/t3?,4-,5?,6-/m1/s1. The van der Waals surface area contributed by atoms with Gasteiger partial charge < -0.3 is 20.7 Å². The second kappa shape index (κ2) is 2.84. The van der Waals surface area contributed by atoms with Crippen LogP contribution in [0.5, 0.6) is 0 Å². The Kier molecular flexibility index (Phi) is 2.25. The highest BCUT2D eigenvalue weighted by Crippen LogP contribution is 2.19. The maximum atomic E-state index is 9.02. The summed E-state index contributed by atoms with van der Waals surface area (Å²) in [5.41, 5.74) is 5.53. The predicted octanol–water partition coefficient (Wildman–Crippen LogP) is -1.20. The molecule has 1 saturated heterocycles. The fraction of sp³-hybridized carbons (Fsp3) is 1.00. The van der Waals surface area contributed by atoms with Crippen LogP contribution in [0, 0.1) is 0 Å². The average Bonchev–Trinajstić information content (AvgIpc) is 2.10. The van der Waals surface area contributed by atoms with Gasteiger partial charge in [-0.2, -0.15) is 0 Å². The van der Waals surface area contributed by atoms with Gasteiger partial charge in [-0.3, -0.25) is 0 Å². The summed E-state index contributed by atoms with van der Waals surface area (Å²) >= 11 is 0. The lowest BCUT2D eigenvalue weighted by atomic mass is 10.1. The van der Waals surface area contributed by atoms with Crippen LogP contribution in [0.2, 0.25) is 0 Å². The third-order valence-corrected chi connectivity index (χ3v) is 1.69. The van der Waals surface area contributed by atoms with Gasteiger partial charge in [-0.05, 0) is 6.92 Å².